The molecule has 1 atom stereocenters. The van der Waals surface area contributed by atoms with E-state index in [0.29, 0.717) is 46.6 Å². The normalized spacial score (nSPS) is 16.3. The Labute approximate surface area is 175 Å². The summed E-state index contributed by atoms with van der Waals surface area (Å²) in [6.45, 7) is 2.89. The van der Waals surface area contributed by atoms with Crippen molar-refractivity contribution in [1.82, 2.24) is 20.0 Å². The summed E-state index contributed by atoms with van der Waals surface area (Å²) in [6.07, 6.45) is 0.784. The molecule has 30 heavy (non-hydrogen) atoms. The van der Waals surface area contributed by atoms with Gasteiger partial charge in [-0.15, -0.1) is 0 Å². The van der Waals surface area contributed by atoms with E-state index in [2.05, 4.69) is 20.4 Å². The van der Waals surface area contributed by atoms with Crippen molar-refractivity contribution in [3.8, 4) is 11.5 Å². The van der Waals surface area contributed by atoms with Gasteiger partial charge in [-0.2, -0.15) is 4.98 Å². The summed E-state index contributed by atoms with van der Waals surface area (Å²) in [7, 11) is 0. The minimum atomic E-state index is -0.326. The number of halogens is 1. The van der Waals surface area contributed by atoms with Crippen LogP contribution in [0.2, 0.25) is 0 Å². The van der Waals surface area contributed by atoms with Crippen molar-refractivity contribution >= 4 is 32.6 Å². The van der Waals surface area contributed by atoms with Crippen molar-refractivity contribution in [3.63, 3.8) is 0 Å². The fourth-order valence-electron chi connectivity index (χ4n) is 3.65. The molecule has 1 N–H and O–H groups in total. The number of benzene rings is 2. The molecule has 3 heterocycles. The molecule has 0 spiro atoms. The van der Waals surface area contributed by atoms with E-state index in [0.717, 1.165) is 11.1 Å². The van der Waals surface area contributed by atoms with Gasteiger partial charge in [0, 0.05) is 19.1 Å². The van der Waals surface area contributed by atoms with Crippen molar-refractivity contribution in [2.24, 2.45) is 0 Å². The summed E-state index contributed by atoms with van der Waals surface area (Å²) in [5, 5.41) is 7.83. The van der Waals surface area contributed by atoms with Gasteiger partial charge >= 0.3 is 0 Å². The van der Waals surface area contributed by atoms with Crippen LogP contribution >= 0.6 is 11.3 Å². The van der Waals surface area contributed by atoms with Gasteiger partial charge in [0.2, 0.25) is 0 Å². The van der Waals surface area contributed by atoms with E-state index in [-0.39, 0.29) is 17.8 Å². The standard InChI is InChI=1S/C21H18FN5O2S/c1-12-23-19(29-26-12)14-5-2-3-6-15(14)20(28)27-10-9-13(11-27)24-21-25-18-16(22)7-4-8-17(18)30-21/h2-8,13H,9-11H2,1H3,(H,24,25). The predicted molar refractivity (Wildman–Crippen MR) is 112 cm³/mol. The molecule has 2 aromatic heterocycles. The number of thiazole rings is 1. The number of carbonyl (C=O) groups excluding carboxylic acids is 1. The summed E-state index contributed by atoms with van der Waals surface area (Å²) >= 11 is 1.41. The number of fused-ring (bicyclic) bond motifs is 1. The van der Waals surface area contributed by atoms with Gasteiger partial charge in [0.15, 0.2) is 11.0 Å². The van der Waals surface area contributed by atoms with Gasteiger partial charge in [-0.1, -0.05) is 34.7 Å². The summed E-state index contributed by atoms with van der Waals surface area (Å²) < 4.78 is 20.0. The lowest BCUT2D eigenvalue weighted by Crippen LogP contribution is -2.31. The molecule has 1 amide bonds. The second kappa shape index (κ2) is 7.49. The van der Waals surface area contributed by atoms with Gasteiger partial charge in [-0.05, 0) is 37.6 Å². The van der Waals surface area contributed by atoms with Gasteiger partial charge < -0.3 is 14.7 Å². The molecule has 1 fully saturated rings. The number of nitrogens with zero attached hydrogens (tertiary/aromatic N) is 4. The summed E-state index contributed by atoms with van der Waals surface area (Å²) in [6, 6.07) is 12.2. The lowest BCUT2D eigenvalue weighted by molar-refractivity contribution is 0.0792. The Hall–Kier alpha value is -3.33. The number of hydrogen-bond acceptors (Lipinski definition) is 7. The third-order valence-electron chi connectivity index (χ3n) is 5.09. The minimum Gasteiger partial charge on any atom is -0.357 e. The number of carbonyl (C=O) groups is 1. The largest absolute Gasteiger partial charge is 0.357 e. The molecule has 7 nitrogen and oxygen atoms in total. The monoisotopic (exact) mass is 423 g/mol. The van der Waals surface area contributed by atoms with Gasteiger partial charge in [0.1, 0.15) is 11.3 Å². The van der Waals surface area contributed by atoms with E-state index in [1.54, 1.807) is 24.0 Å². The van der Waals surface area contributed by atoms with Crippen molar-refractivity contribution < 1.29 is 13.7 Å². The molecule has 4 aromatic rings. The first kappa shape index (κ1) is 18.7. The Balaban J connectivity index is 1.32. The molecule has 2 aromatic carbocycles. The highest BCUT2D eigenvalue weighted by Crippen LogP contribution is 2.30. The number of likely N-dealkylation sites (tertiary alicyclic amines) is 1. The number of nitrogens with one attached hydrogen (secondary N) is 1. The highest BCUT2D eigenvalue weighted by Gasteiger charge is 2.29. The first-order valence-corrected chi connectivity index (χ1v) is 10.4. The maximum absolute atomic E-state index is 13.9. The van der Waals surface area contributed by atoms with Gasteiger partial charge in [-0.25, -0.2) is 9.37 Å². The highest BCUT2D eigenvalue weighted by atomic mass is 32.1. The zero-order valence-corrected chi connectivity index (χ0v) is 16.9. The number of amides is 1. The van der Waals surface area contributed by atoms with Crippen LogP contribution in [0.5, 0.6) is 0 Å². The Kier molecular flexibility index (Phi) is 4.66. The molecule has 5 rings (SSSR count). The average Bonchev–Trinajstić information content (AvgIpc) is 3.48. The third kappa shape index (κ3) is 3.41. The summed E-state index contributed by atoms with van der Waals surface area (Å²) in [5.74, 6) is 0.445. The number of aromatic nitrogens is 3. The zero-order valence-electron chi connectivity index (χ0n) is 16.1. The van der Waals surface area contributed by atoms with E-state index in [4.69, 9.17) is 4.52 Å². The fourth-order valence-corrected chi connectivity index (χ4v) is 4.60. The Morgan fingerprint density at radius 2 is 2.10 bits per heavy atom. The second-order valence-electron chi connectivity index (χ2n) is 7.18. The van der Waals surface area contributed by atoms with Crippen molar-refractivity contribution in [3.05, 3.63) is 59.7 Å². The molecule has 0 bridgehead atoms. The molecule has 9 heteroatoms. The molecule has 1 aliphatic heterocycles. The SMILES string of the molecule is Cc1noc(-c2ccccc2C(=O)N2CCC(Nc3nc4c(F)cccc4s3)C2)n1. The highest BCUT2D eigenvalue weighted by molar-refractivity contribution is 7.22. The molecular formula is C21H18FN5O2S. The lowest BCUT2D eigenvalue weighted by Gasteiger charge is -2.18. The van der Waals surface area contributed by atoms with Gasteiger partial charge in [0.05, 0.1) is 15.8 Å². The lowest BCUT2D eigenvalue weighted by atomic mass is 10.1. The van der Waals surface area contributed by atoms with E-state index in [1.807, 2.05) is 24.3 Å². The molecule has 1 saturated heterocycles. The molecule has 0 saturated carbocycles. The quantitative estimate of drug-likeness (QED) is 0.532. The van der Waals surface area contributed by atoms with E-state index >= 15 is 0 Å². The van der Waals surface area contributed by atoms with Crippen molar-refractivity contribution in [1.29, 1.82) is 0 Å². The predicted octanol–water partition coefficient (Wildman–Crippen LogP) is 4.12. The number of aryl methyl sites for hydroxylation is 1. The molecule has 1 aliphatic rings. The molecule has 152 valence electrons. The van der Waals surface area contributed by atoms with Crippen LogP contribution in [0.3, 0.4) is 0 Å². The molecular weight excluding hydrogens is 405 g/mol. The topological polar surface area (TPSA) is 84.2 Å². The number of rotatable bonds is 4. The molecule has 0 aliphatic carbocycles. The smallest absolute Gasteiger partial charge is 0.258 e. The van der Waals surface area contributed by atoms with Gasteiger partial charge in [0.25, 0.3) is 11.8 Å². The maximum atomic E-state index is 13.9. The Bertz CT molecular complexity index is 1240. The summed E-state index contributed by atoms with van der Waals surface area (Å²) in [4.78, 5) is 23.6. The van der Waals surface area contributed by atoms with Crippen LogP contribution in [-0.4, -0.2) is 45.1 Å². The van der Waals surface area contributed by atoms with Gasteiger partial charge in [-0.3, -0.25) is 4.79 Å². The maximum Gasteiger partial charge on any atom is 0.258 e. The van der Waals surface area contributed by atoms with Crippen LogP contribution in [-0.2, 0) is 0 Å². The molecule has 1 unspecified atom stereocenters. The zero-order chi connectivity index (χ0) is 20.7. The number of para-hydroxylation sites is 1. The van der Waals surface area contributed by atoms with Crippen LogP contribution in [0.25, 0.3) is 21.7 Å². The van der Waals surface area contributed by atoms with Crippen LogP contribution < -0.4 is 5.32 Å². The Morgan fingerprint density at radius 3 is 2.90 bits per heavy atom. The van der Waals surface area contributed by atoms with Crippen LogP contribution in [0.4, 0.5) is 9.52 Å². The fraction of sp³-hybridized carbons (Fsp3) is 0.238. The first-order valence-electron chi connectivity index (χ1n) is 9.59. The molecule has 0 radical (unpaired) electrons. The van der Waals surface area contributed by atoms with E-state index in [1.165, 1.54) is 17.4 Å². The minimum absolute atomic E-state index is 0.0513. The van der Waals surface area contributed by atoms with E-state index < -0.39 is 0 Å². The van der Waals surface area contributed by atoms with Crippen LogP contribution in [0.1, 0.15) is 22.6 Å². The number of anilines is 1. The van der Waals surface area contributed by atoms with Crippen molar-refractivity contribution in [2.75, 3.05) is 18.4 Å². The first-order chi connectivity index (χ1) is 14.6. The third-order valence-corrected chi connectivity index (χ3v) is 6.04. The van der Waals surface area contributed by atoms with Crippen LogP contribution in [0, 0.1) is 12.7 Å². The summed E-state index contributed by atoms with van der Waals surface area (Å²) in [5.41, 5.74) is 1.53. The van der Waals surface area contributed by atoms with Crippen LogP contribution in [0.15, 0.2) is 47.0 Å². The average molecular weight is 423 g/mol. The second-order valence-corrected chi connectivity index (χ2v) is 8.21. The number of hydrogen-bond donors (Lipinski definition) is 1. The van der Waals surface area contributed by atoms with Crippen molar-refractivity contribution in [2.45, 2.75) is 19.4 Å². The Morgan fingerprint density at radius 1 is 1.23 bits per heavy atom. The van der Waals surface area contributed by atoms with E-state index in [9.17, 15) is 9.18 Å².